The fourth-order valence-electron chi connectivity index (χ4n) is 1.51. The van der Waals surface area contributed by atoms with Crippen molar-refractivity contribution in [3.63, 3.8) is 0 Å². The van der Waals surface area contributed by atoms with Gasteiger partial charge in [0.05, 0.1) is 0 Å². The molecule has 1 heterocycles. The number of halogens is 1. The predicted molar refractivity (Wildman–Crippen MR) is 65.0 cm³/mol. The zero-order valence-corrected chi connectivity index (χ0v) is 10.8. The lowest BCUT2D eigenvalue weighted by atomic mass is 10.3. The van der Waals surface area contributed by atoms with Gasteiger partial charge in [-0.15, -0.1) is 11.6 Å². The summed E-state index contributed by atoms with van der Waals surface area (Å²) in [6.07, 6.45) is 0.796. The number of hydrogen-bond acceptors (Lipinski definition) is 2. The second-order valence-corrected chi connectivity index (χ2v) is 4.28. The Morgan fingerprint density at radius 1 is 1.50 bits per heavy atom. The number of alkyl halides is 1. The number of nitrogens with zero attached hydrogens (tertiary/aromatic N) is 1. The number of rotatable bonds is 5. The summed E-state index contributed by atoms with van der Waals surface area (Å²) in [5, 5.41) is 0. The molecule has 0 atom stereocenters. The molecule has 1 aromatic rings. The maximum absolute atomic E-state index is 12.1. The maximum Gasteiger partial charge on any atom is 0.289 e. The standard InChI is InChI=1S/C12H18ClNO2/c1-4-10-5-6-11(16-10)12(15)14(8-7-13)9(2)3/h5-6,9H,4,7-8H2,1-3H3. The van der Waals surface area contributed by atoms with E-state index in [4.69, 9.17) is 16.0 Å². The molecule has 1 amide bonds. The van der Waals surface area contributed by atoms with E-state index in [-0.39, 0.29) is 11.9 Å². The molecule has 0 aromatic carbocycles. The molecule has 0 spiro atoms. The van der Waals surface area contributed by atoms with Crippen LogP contribution in [0.5, 0.6) is 0 Å². The number of carbonyl (C=O) groups excluding carboxylic acids is 1. The third kappa shape index (κ3) is 3.01. The van der Waals surface area contributed by atoms with E-state index in [1.807, 2.05) is 26.8 Å². The van der Waals surface area contributed by atoms with E-state index in [2.05, 4.69) is 0 Å². The van der Waals surface area contributed by atoms with Crippen LogP contribution < -0.4 is 0 Å². The Hall–Kier alpha value is -0.960. The molecule has 0 bridgehead atoms. The topological polar surface area (TPSA) is 33.5 Å². The van der Waals surface area contributed by atoms with Crippen molar-refractivity contribution in [3.05, 3.63) is 23.7 Å². The molecule has 1 aromatic heterocycles. The van der Waals surface area contributed by atoms with Crippen LogP contribution in [-0.4, -0.2) is 29.3 Å². The fraction of sp³-hybridized carbons (Fsp3) is 0.583. The average Bonchev–Trinajstić information content (AvgIpc) is 2.73. The highest BCUT2D eigenvalue weighted by Crippen LogP contribution is 2.13. The summed E-state index contributed by atoms with van der Waals surface area (Å²) >= 11 is 5.68. The molecular formula is C12H18ClNO2. The van der Waals surface area contributed by atoms with Crippen molar-refractivity contribution in [1.82, 2.24) is 4.90 Å². The highest BCUT2D eigenvalue weighted by molar-refractivity contribution is 6.18. The number of aryl methyl sites for hydroxylation is 1. The van der Waals surface area contributed by atoms with Crippen molar-refractivity contribution in [2.24, 2.45) is 0 Å². The van der Waals surface area contributed by atoms with Gasteiger partial charge in [-0.25, -0.2) is 0 Å². The van der Waals surface area contributed by atoms with Crippen LogP contribution in [-0.2, 0) is 6.42 Å². The number of carbonyl (C=O) groups is 1. The average molecular weight is 244 g/mol. The molecule has 0 aliphatic rings. The molecule has 0 radical (unpaired) electrons. The van der Waals surface area contributed by atoms with Gasteiger partial charge in [0.1, 0.15) is 5.76 Å². The second-order valence-electron chi connectivity index (χ2n) is 3.90. The minimum atomic E-state index is -0.0876. The van der Waals surface area contributed by atoms with E-state index in [1.54, 1.807) is 11.0 Å². The molecule has 0 fully saturated rings. The van der Waals surface area contributed by atoms with Crippen molar-refractivity contribution in [2.45, 2.75) is 33.2 Å². The van der Waals surface area contributed by atoms with Gasteiger partial charge in [-0.3, -0.25) is 4.79 Å². The lowest BCUT2D eigenvalue weighted by Crippen LogP contribution is -2.38. The summed E-state index contributed by atoms with van der Waals surface area (Å²) in [4.78, 5) is 13.8. The minimum Gasteiger partial charge on any atom is -0.456 e. The first-order chi connectivity index (χ1) is 7.60. The van der Waals surface area contributed by atoms with Crippen LogP contribution in [0.15, 0.2) is 16.5 Å². The Bertz CT molecular complexity index is 347. The fourth-order valence-corrected chi connectivity index (χ4v) is 1.69. The molecule has 0 saturated carbocycles. The van der Waals surface area contributed by atoms with Gasteiger partial charge in [-0.05, 0) is 26.0 Å². The SMILES string of the molecule is CCc1ccc(C(=O)N(CCCl)C(C)C)o1. The first-order valence-corrected chi connectivity index (χ1v) is 6.09. The molecule has 1 rings (SSSR count). The first kappa shape index (κ1) is 13.1. The van der Waals surface area contributed by atoms with Crippen molar-refractivity contribution in [1.29, 1.82) is 0 Å². The highest BCUT2D eigenvalue weighted by atomic mass is 35.5. The third-order valence-corrected chi connectivity index (χ3v) is 2.60. The summed E-state index contributed by atoms with van der Waals surface area (Å²) in [5.74, 6) is 1.58. The van der Waals surface area contributed by atoms with Gasteiger partial charge in [-0.1, -0.05) is 6.92 Å². The molecule has 90 valence electrons. The summed E-state index contributed by atoms with van der Waals surface area (Å²) in [6, 6.07) is 3.69. The quantitative estimate of drug-likeness (QED) is 0.745. The van der Waals surface area contributed by atoms with Crippen LogP contribution in [0.2, 0.25) is 0 Å². The van der Waals surface area contributed by atoms with Crippen molar-refractivity contribution in [3.8, 4) is 0 Å². The van der Waals surface area contributed by atoms with Crippen LogP contribution in [0.1, 0.15) is 37.1 Å². The third-order valence-electron chi connectivity index (χ3n) is 2.43. The first-order valence-electron chi connectivity index (χ1n) is 5.55. The lowest BCUT2D eigenvalue weighted by Gasteiger charge is -2.24. The molecule has 3 nitrogen and oxygen atoms in total. The minimum absolute atomic E-state index is 0.0876. The molecule has 0 aliphatic carbocycles. The molecule has 16 heavy (non-hydrogen) atoms. The Morgan fingerprint density at radius 3 is 2.62 bits per heavy atom. The largest absolute Gasteiger partial charge is 0.456 e. The summed E-state index contributed by atoms with van der Waals surface area (Å²) in [7, 11) is 0. The van der Waals surface area contributed by atoms with Crippen LogP contribution in [0.4, 0.5) is 0 Å². The molecular weight excluding hydrogens is 226 g/mol. The van der Waals surface area contributed by atoms with Gasteiger partial charge >= 0.3 is 0 Å². The molecule has 0 N–H and O–H groups in total. The van der Waals surface area contributed by atoms with Gasteiger partial charge in [0, 0.05) is 24.9 Å². The van der Waals surface area contributed by atoms with Crippen LogP contribution in [0.3, 0.4) is 0 Å². The summed E-state index contributed by atoms with van der Waals surface area (Å²) in [6.45, 7) is 6.47. The van der Waals surface area contributed by atoms with Crippen molar-refractivity contribution < 1.29 is 9.21 Å². The zero-order valence-electron chi connectivity index (χ0n) is 10.00. The maximum atomic E-state index is 12.1. The summed E-state index contributed by atoms with van der Waals surface area (Å²) < 4.78 is 5.44. The van der Waals surface area contributed by atoms with E-state index in [1.165, 1.54) is 0 Å². The lowest BCUT2D eigenvalue weighted by molar-refractivity contribution is 0.0684. The van der Waals surface area contributed by atoms with E-state index in [0.29, 0.717) is 18.2 Å². The van der Waals surface area contributed by atoms with E-state index >= 15 is 0 Å². The van der Waals surface area contributed by atoms with Gasteiger partial charge in [-0.2, -0.15) is 0 Å². The van der Waals surface area contributed by atoms with Crippen LogP contribution in [0.25, 0.3) is 0 Å². The van der Waals surface area contributed by atoms with Gasteiger partial charge in [0.2, 0.25) is 0 Å². The number of hydrogen-bond donors (Lipinski definition) is 0. The van der Waals surface area contributed by atoms with Crippen LogP contribution in [0, 0.1) is 0 Å². The second kappa shape index (κ2) is 5.94. The normalized spacial score (nSPS) is 10.8. The van der Waals surface area contributed by atoms with Crippen molar-refractivity contribution >= 4 is 17.5 Å². The number of amides is 1. The van der Waals surface area contributed by atoms with E-state index in [9.17, 15) is 4.79 Å². The monoisotopic (exact) mass is 243 g/mol. The van der Waals surface area contributed by atoms with E-state index < -0.39 is 0 Å². The van der Waals surface area contributed by atoms with Crippen LogP contribution >= 0.6 is 11.6 Å². The Balaban J connectivity index is 2.81. The highest BCUT2D eigenvalue weighted by Gasteiger charge is 2.20. The van der Waals surface area contributed by atoms with Gasteiger partial charge in [0.15, 0.2) is 5.76 Å². The van der Waals surface area contributed by atoms with Crippen molar-refractivity contribution in [2.75, 3.05) is 12.4 Å². The Labute approximate surface area is 101 Å². The van der Waals surface area contributed by atoms with E-state index in [0.717, 1.165) is 12.2 Å². The number of furan rings is 1. The Kier molecular flexibility index (Phi) is 4.87. The zero-order chi connectivity index (χ0) is 12.1. The predicted octanol–water partition coefficient (Wildman–Crippen LogP) is 2.93. The molecule has 0 saturated heterocycles. The molecule has 0 unspecified atom stereocenters. The smallest absolute Gasteiger partial charge is 0.289 e. The molecule has 0 aliphatic heterocycles. The van der Waals surface area contributed by atoms with Gasteiger partial charge in [0.25, 0.3) is 5.91 Å². The molecule has 4 heteroatoms. The Morgan fingerprint density at radius 2 is 2.19 bits per heavy atom. The van der Waals surface area contributed by atoms with Gasteiger partial charge < -0.3 is 9.32 Å². The summed E-state index contributed by atoms with van der Waals surface area (Å²) in [5.41, 5.74) is 0.